The van der Waals surface area contributed by atoms with Gasteiger partial charge in [-0.2, -0.15) is 0 Å². The molecule has 1 fully saturated rings. The van der Waals surface area contributed by atoms with E-state index in [0.29, 0.717) is 12.2 Å². The van der Waals surface area contributed by atoms with E-state index in [0.717, 1.165) is 43.0 Å². The monoisotopic (exact) mass is 361 g/mol. The molecule has 0 saturated carbocycles. The third-order valence-corrected chi connectivity index (χ3v) is 4.94. The number of amides is 1. The number of nitrogens with zero attached hydrogens (tertiary/aromatic N) is 4. The third kappa shape index (κ3) is 3.61. The fraction of sp³-hybridized carbons (Fsp3) is 0.286. The van der Waals surface area contributed by atoms with Crippen LogP contribution >= 0.6 is 0 Å². The first-order valence-corrected chi connectivity index (χ1v) is 9.32. The van der Waals surface area contributed by atoms with Gasteiger partial charge >= 0.3 is 0 Å². The van der Waals surface area contributed by atoms with Crippen LogP contribution in [0.1, 0.15) is 22.6 Å². The molecule has 1 amide bonds. The lowest BCUT2D eigenvalue weighted by Gasteiger charge is -2.18. The number of carbonyl (C=O) groups excluding carboxylic acids is 1. The summed E-state index contributed by atoms with van der Waals surface area (Å²) >= 11 is 0. The number of benzene rings is 2. The lowest BCUT2D eigenvalue weighted by atomic mass is 10.1. The smallest absolute Gasteiger partial charge is 0.276 e. The highest BCUT2D eigenvalue weighted by molar-refractivity contribution is 5.93. The maximum Gasteiger partial charge on any atom is 0.276 e. The molecule has 6 nitrogen and oxygen atoms in total. The van der Waals surface area contributed by atoms with Crippen LogP contribution in [0.3, 0.4) is 0 Å². The third-order valence-electron chi connectivity index (χ3n) is 4.94. The van der Waals surface area contributed by atoms with Gasteiger partial charge in [-0.05, 0) is 43.1 Å². The second-order valence-electron chi connectivity index (χ2n) is 6.74. The summed E-state index contributed by atoms with van der Waals surface area (Å²) in [7, 11) is 0. The van der Waals surface area contributed by atoms with Crippen LogP contribution in [0.2, 0.25) is 0 Å². The van der Waals surface area contributed by atoms with Gasteiger partial charge in [0.15, 0.2) is 5.69 Å². The largest absolute Gasteiger partial charge is 0.336 e. The van der Waals surface area contributed by atoms with Crippen molar-refractivity contribution < 1.29 is 4.79 Å². The van der Waals surface area contributed by atoms with Gasteiger partial charge in [-0.25, -0.2) is 4.68 Å². The van der Waals surface area contributed by atoms with Crippen LogP contribution in [0, 0.1) is 6.92 Å². The molecule has 27 heavy (non-hydrogen) atoms. The Bertz CT molecular complexity index is 910. The molecule has 1 N–H and O–H groups in total. The van der Waals surface area contributed by atoms with Crippen LogP contribution in [0.4, 0.5) is 0 Å². The molecule has 4 rings (SSSR count). The number of carbonyl (C=O) groups is 1. The van der Waals surface area contributed by atoms with Crippen molar-refractivity contribution in [2.24, 2.45) is 0 Å². The number of nitrogens with one attached hydrogen (secondary N) is 1. The van der Waals surface area contributed by atoms with Gasteiger partial charge in [0.05, 0.1) is 11.4 Å². The van der Waals surface area contributed by atoms with Crippen LogP contribution < -0.4 is 5.32 Å². The summed E-state index contributed by atoms with van der Waals surface area (Å²) in [5, 5.41) is 11.7. The average Bonchev–Trinajstić information content (AvgIpc) is 2.92. The number of hydrogen-bond donors (Lipinski definition) is 1. The SMILES string of the molecule is Cc1c(C(=O)N2CCCNCC2)nnn1-c1ccc(-c2ccccc2)cc1. The van der Waals surface area contributed by atoms with Gasteiger partial charge in [0.2, 0.25) is 0 Å². The predicted octanol–water partition coefficient (Wildman–Crippen LogP) is 2.68. The van der Waals surface area contributed by atoms with Gasteiger partial charge in [-0.1, -0.05) is 47.7 Å². The van der Waals surface area contributed by atoms with Crippen LogP contribution in [0.25, 0.3) is 16.8 Å². The van der Waals surface area contributed by atoms with E-state index in [1.165, 1.54) is 5.56 Å². The number of rotatable bonds is 3. The van der Waals surface area contributed by atoms with E-state index in [1.807, 2.05) is 42.2 Å². The fourth-order valence-corrected chi connectivity index (χ4v) is 3.40. The summed E-state index contributed by atoms with van der Waals surface area (Å²) in [5.74, 6) is -0.0386. The van der Waals surface area contributed by atoms with Crippen LogP contribution in [-0.2, 0) is 0 Å². The van der Waals surface area contributed by atoms with Crippen molar-refractivity contribution in [3.63, 3.8) is 0 Å². The molecular weight excluding hydrogens is 338 g/mol. The van der Waals surface area contributed by atoms with E-state index >= 15 is 0 Å². The van der Waals surface area contributed by atoms with Crippen LogP contribution in [0.15, 0.2) is 54.6 Å². The van der Waals surface area contributed by atoms with Crippen molar-refractivity contribution in [3.05, 3.63) is 66.0 Å². The second kappa shape index (κ2) is 7.72. The van der Waals surface area contributed by atoms with Crippen molar-refractivity contribution in [2.75, 3.05) is 26.2 Å². The van der Waals surface area contributed by atoms with Crippen LogP contribution in [-0.4, -0.2) is 52.0 Å². The molecule has 3 aromatic rings. The Labute approximate surface area is 158 Å². The van der Waals surface area contributed by atoms with Crippen molar-refractivity contribution >= 4 is 5.91 Å². The summed E-state index contributed by atoms with van der Waals surface area (Å²) in [5.41, 5.74) is 4.42. The lowest BCUT2D eigenvalue weighted by molar-refractivity contribution is 0.0759. The minimum atomic E-state index is -0.0386. The predicted molar refractivity (Wildman–Crippen MR) is 105 cm³/mol. The maximum absolute atomic E-state index is 12.8. The molecule has 1 aliphatic heterocycles. The first-order chi connectivity index (χ1) is 13.2. The molecule has 0 atom stereocenters. The van der Waals surface area contributed by atoms with Gasteiger partial charge in [0, 0.05) is 19.6 Å². The summed E-state index contributed by atoms with van der Waals surface area (Å²) in [6.45, 7) is 5.12. The Morgan fingerprint density at radius 1 is 0.963 bits per heavy atom. The number of aromatic nitrogens is 3. The van der Waals surface area contributed by atoms with Gasteiger partial charge < -0.3 is 10.2 Å². The zero-order valence-electron chi connectivity index (χ0n) is 15.4. The van der Waals surface area contributed by atoms with Crippen molar-refractivity contribution in [1.29, 1.82) is 0 Å². The highest BCUT2D eigenvalue weighted by Gasteiger charge is 2.23. The van der Waals surface area contributed by atoms with Crippen LogP contribution in [0.5, 0.6) is 0 Å². The summed E-state index contributed by atoms with van der Waals surface area (Å²) in [4.78, 5) is 14.7. The minimum absolute atomic E-state index is 0.0386. The Hall–Kier alpha value is -2.99. The Kier molecular flexibility index (Phi) is 4.98. The van der Waals surface area contributed by atoms with Gasteiger partial charge in [-0.3, -0.25) is 4.79 Å². The highest BCUT2D eigenvalue weighted by atomic mass is 16.2. The van der Waals surface area contributed by atoms with Crippen molar-refractivity contribution in [1.82, 2.24) is 25.2 Å². The molecule has 138 valence electrons. The van der Waals surface area contributed by atoms with E-state index in [4.69, 9.17) is 0 Å². The van der Waals surface area contributed by atoms with E-state index in [-0.39, 0.29) is 5.91 Å². The average molecular weight is 361 g/mol. The molecule has 0 unspecified atom stereocenters. The fourth-order valence-electron chi connectivity index (χ4n) is 3.40. The van der Waals surface area contributed by atoms with E-state index in [1.54, 1.807) is 4.68 Å². The Balaban J connectivity index is 1.57. The summed E-state index contributed by atoms with van der Waals surface area (Å²) < 4.78 is 1.73. The first-order valence-electron chi connectivity index (χ1n) is 9.32. The quantitative estimate of drug-likeness (QED) is 0.779. The lowest BCUT2D eigenvalue weighted by Crippen LogP contribution is -2.34. The second-order valence-corrected chi connectivity index (χ2v) is 6.74. The Morgan fingerprint density at radius 2 is 1.70 bits per heavy atom. The molecule has 1 aliphatic rings. The normalized spacial score (nSPS) is 14.8. The molecule has 0 aliphatic carbocycles. The molecule has 1 saturated heterocycles. The summed E-state index contributed by atoms with van der Waals surface area (Å²) in [6, 6.07) is 18.4. The molecule has 0 bridgehead atoms. The zero-order chi connectivity index (χ0) is 18.6. The molecular formula is C21H23N5O. The van der Waals surface area contributed by atoms with E-state index in [2.05, 4.69) is 39.9 Å². The first kappa shape index (κ1) is 17.4. The van der Waals surface area contributed by atoms with Gasteiger partial charge in [0.1, 0.15) is 0 Å². The van der Waals surface area contributed by atoms with Gasteiger partial charge in [0.25, 0.3) is 5.91 Å². The van der Waals surface area contributed by atoms with Crippen molar-refractivity contribution in [3.8, 4) is 16.8 Å². The Morgan fingerprint density at radius 3 is 2.48 bits per heavy atom. The zero-order valence-corrected chi connectivity index (χ0v) is 15.4. The molecule has 0 radical (unpaired) electrons. The minimum Gasteiger partial charge on any atom is -0.336 e. The standard InChI is InChI=1S/C21H23N5O/c1-16-20(21(27)25-14-5-12-22-13-15-25)23-24-26(16)19-10-8-18(9-11-19)17-6-3-2-4-7-17/h2-4,6-11,22H,5,12-15H2,1H3. The maximum atomic E-state index is 12.8. The highest BCUT2D eigenvalue weighted by Crippen LogP contribution is 2.21. The van der Waals surface area contributed by atoms with E-state index < -0.39 is 0 Å². The molecule has 0 spiro atoms. The molecule has 2 aromatic carbocycles. The molecule has 2 heterocycles. The van der Waals surface area contributed by atoms with E-state index in [9.17, 15) is 4.79 Å². The van der Waals surface area contributed by atoms with Crippen molar-refractivity contribution in [2.45, 2.75) is 13.3 Å². The topological polar surface area (TPSA) is 63.1 Å². The molecule has 1 aromatic heterocycles. The number of hydrogen-bond acceptors (Lipinski definition) is 4. The molecule has 6 heteroatoms. The summed E-state index contributed by atoms with van der Waals surface area (Å²) in [6.07, 6.45) is 0.958. The van der Waals surface area contributed by atoms with Gasteiger partial charge in [-0.15, -0.1) is 5.10 Å².